The van der Waals surface area contributed by atoms with Gasteiger partial charge in [-0.05, 0) is 78.1 Å². The fraction of sp³-hybridized carbons (Fsp3) is 0.207. The second-order valence-corrected chi connectivity index (χ2v) is 9.02. The molecule has 0 bridgehead atoms. The number of benzene rings is 3. The van der Waals surface area contributed by atoms with Crippen molar-refractivity contribution < 1.29 is 9.53 Å². The molecular formula is C29H27ClN2O2. The summed E-state index contributed by atoms with van der Waals surface area (Å²) in [7, 11) is 1.67. The molecule has 4 nitrogen and oxygen atoms in total. The molecule has 172 valence electrons. The fourth-order valence-electron chi connectivity index (χ4n) is 4.66. The lowest BCUT2D eigenvalue weighted by Crippen LogP contribution is -2.36. The van der Waals surface area contributed by atoms with Gasteiger partial charge in [0.25, 0.3) is 0 Å². The SMILES string of the molecule is COc1ccc(-n2c(CCC(=O)N3CCc4ccccc4C3)ccc2-c2ccc(Cl)cc2)cc1. The Morgan fingerprint density at radius 1 is 0.912 bits per heavy atom. The first-order valence-corrected chi connectivity index (χ1v) is 12.0. The molecule has 34 heavy (non-hydrogen) atoms. The average molecular weight is 471 g/mol. The highest BCUT2D eigenvalue weighted by Crippen LogP contribution is 2.30. The van der Waals surface area contributed by atoms with Gasteiger partial charge in [-0.15, -0.1) is 0 Å². The Morgan fingerprint density at radius 3 is 2.38 bits per heavy atom. The third-order valence-electron chi connectivity index (χ3n) is 6.51. The van der Waals surface area contributed by atoms with E-state index in [1.54, 1.807) is 7.11 Å². The molecule has 3 aromatic carbocycles. The third kappa shape index (κ3) is 4.59. The van der Waals surface area contributed by atoms with Crippen LogP contribution in [0.25, 0.3) is 16.9 Å². The minimum atomic E-state index is 0.199. The second-order valence-electron chi connectivity index (χ2n) is 8.58. The fourth-order valence-corrected chi connectivity index (χ4v) is 4.78. The minimum absolute atomic E-state index is 0.199. The van der Waals surface area contributed by atoms with Crippen LogP contribution in [0.15, 0.2) is 84.9 Å². The summed E-state index contributed by atoms with van der Waals surface area (Å²) in [5.41, 5.74) is 6.88. The van der Waals surface area contributed by atoms with Gasteiger partial charge in [-0.1, -0.05) is 48.0 Å². The highest BCUT2D eigenvalue weighted by molar-refractivity contribution is 6.30. The molecule has 5 rings (SSSR count). The Kier molecular flexibility index (Phi) is 6.41. The van der Waals surface area contributed by atoms with Gasteiger partial charge in [-0.3, -0.25) is 4.79 Å². The number of carbonyl (C=O) groups is 1. The minimum Gasteiger partial charge on any atom is -0.497 e. The normalized spacial score (nSPS) is 12.9. The van der Waals surface area contributed by atoms with E-state index in [4.69, 9.17) is 16.3 Å². The average Bonchev–Trinajstić information content (AvgIpc) is 3.31. The maximum Gasteiger partial charge on any atom is 0.223 e. The maximum absolute atomic E-state index is 13.1. The van der Waals surface area contributed by atoms with E-state index in [1.165, 1.54) is 11.1 Å². The number of fused-ring (bicyclic) bond motifs is 1. The largest absolute Gasteiger partial charge is 0.497 e. The van der Waals surface area contributed by atoms with E-state index < -0.39 is 0 Å². The first-order valence-electron chi connectivity index (χ1n) is 11.6. The lowest BCUT2D eigenvalue weighted by atomic mass is 9.99. The van der Waals surface area contributed by atoms with Gasteiger partial charge in [0, 0.05) is 35.9 Å². The number of hydrogen-bond acceptors (Lipinski definition) is 2. The van der Waals surface area contributed by atoms with Crippen molar-refractivity contribution in [1.29, 1.82) is 0 Å². The summed E-state index contributed by atoms with van der Waals surface area (Å²) in [5.74, 6) is 1.01. The number of amides is 1. The summed E-state index contributed by atoms with van der Waals surface area (Å²) >= 11 is 6.12. The topological polar surface area (TPSA) is 34.5 Å². The Labute approximate surface area is 205 Å². The molecule has 1 aromatic heterocycles. The molecule has 0 aliphatic carbocycles. The second kappa shape index (κ2) is 9.78. The first kappa shape index (κ1) is 22.3. The predicted molar refractivity (Wildman–Crippen MR) is 137 cm³/mol. The van der Waals surface area contributed by atoms with Crippen LogP contribution in [0.3, 0.4) is 0 Å². The van der Waals surface area contributed by atoms with Crippen LogP contribution in [0.1, 0.15) is 23.2 Å². The highest BCUT2D eigenvalue weighted by atomic mass is 35.5. The van der Waals surface area contributed by atoms with Crippen molar-refractivity contribution in [2.75, 3.05) is 13.7 Å². The van der Waals surface area contributed by atoms with Crippen molar-refractivity contribution in [3.05, 3.63) is 107 Å². The zero-order valence-electron chi connectivity index (χ0n) is 19.2. The lowest BCUT2D eigenvalue weighted by Gasteiger charge is -2.29. The number of rotatable bonds is 6. The molecule has 5 heteroatoms. The molecule has 0 radical (unpaired) electrons. The molecular weight excluding hydrogens is 444 g/mol. The molecule has 2 heterocycles. The van der Waals surface area contributed by atoms with E-state index in [-0.39, 0.29) is 5.91 Å². The predicted octanol–water partition coefficient (Wildman–Crippen LogP) is 6.32. The Bertz CT molecular complexity index is 1290. The van der Waals surface area contributed by atoms with Crippen LogP contribution in [0, 0.1) is 0 Å². The number of methoxy groups -OCH3 is 1. The Hall–Kier alpha value is -3.50. The van der Waals surface area contributed by atoms with E-state index in [0.29, 0.717) is 24.4 Å². The van der Waals surface area contributed by atoms with Crippen LogP contribution in [0.2, 0.25) is 5.02 Å². The monoisotopic (exact) mass is 470 g/mol. The molecule has 0 saturated carbocycles. The highest BCUT2D eigenvalue weighted by Gasteiger charge is 2.21. The number of aryl methyl sites for hydroxylation is 1. The number of aromatic nitrogens is 1. The van der Waals surface area contributed by atoms with E-state index >= 15 is 0 Å². The van der Waals surface area contributed by atoms with Crippen molar-refractivity contribution in [2.24, 2.45) is 0 Å². The van der Waals surface area contributed by atoms with Crippen LogP contribution in [-0.4, -0.2) is 29.0 Å². The van der Waals surface area contributed by atoms with Gasteiger partial charge in [0.05, 0.1) is 12.8 Å². The number of nitrogens with zero attached hydrogens (tertiary/aromatic N) is 2. The van der Waals surface area contributed by atoms with Gasteiger partial charge >= 0.3 is 0 Å². The van der Waals surface area contributed by atoms with Gasteiger partial charge in [0.2, 0.25) is 5.91 Å². The molecule has 4 aromatic rings. The first-order chi connectivity index (χ1) is 16.6. The third-order valence-corrected chi connectivity index (χ3v) is 6.76. The molecule has 1 amide bonds. The molecule has 0 N–H and O–H groups in total. The van der Waals surface area contributed by atoms with E-state index in [0.717, 1.165) is 41.4 Å². The van der Waals surface area contributed by atoms with Crippen molar-refractivity contribution >= 4 is 17.5 Å². The number of carbonyl (C=O) groups excluding carboxylic acids is 1. The van der Waals surface area contributed by atoms with Crippen LogP contribution in [-0.2, 0) is 24.2 Å². The van der Waals surface area contributed by atoms with Gasteiger partial charge in [-0.2, -0.15) is 0 Å². The molecule has 0 atom stereocenters. The van der Waals surface area contributed by atoms with Crippen molar-refractivity contribution in [3.63, 3.8) is 0 Å². The van der Waals surface area contributed by atoms with Gasteiger partial charge < -0.3 is 14.2 Å². The van der Waals surface area contributed by atoms with Crippen LogP contribution < -0.4 is 4.74 Å². The summed E-state index contributed by atoms with van der Waals surface area (Å²) in [4.78, 5) is 15.1. The summed E-state index contributed by atoms with van der Waals surface area (Å²) in [6.07, 6.45) is 2.06. The molecule has 0 saturated heterocycles. The molecule has 1 aliphatic heterocycles. The Morgan fingerprint density at radius 2 is 1.65 bits per heavy atom. The molecule has 1 aliphatic rings. The standard InChI is InChI=1S/C29H27ClN2O2/c1-34-27-14-10-25(11-15-27)32-26(12-16-28(32)22-6-8-24(30)9-7-22)13-17-29(33)31-19-18-21-4-2-3-5-23(21)20-31/h2-12,14-16H,13,17-20H2,1H3. The summed E-state index contributed by atoms with van der Waals surface area (Å²) < 4.78 is 7.57. The van der Waals surface area contributed by atoms with Gasteiger partial charge in [0.1, 0.15) is 5.75 Å². The molecule has 0 unspecified atom stereocenters. The zero-order valence-corrected chi connectivity index (χ0v) is 20.0. The quantitative estimate of drug-likeness (QED) is 0.330. The molecule has 0 spiro atoms. The zero-order chi connectivity index (χ0) is 23.5. The van der Waals surface area contributed by atoms with E-state index in [1.807, 2.05) is 59.5 Å². The molecule has 0 fully saturated rings. The van der Waals surface area contributed by atoms with Crippen LogP contribution >= 0.6 is 11.6 Å². The summed E-state index contributed by atoms with van der Waals surface area (Å²) in [5, 5.41) is 0.709. The van der Waals surface area contributed by atoms with Crippen LogP contribution in [0.4, 0.5) is 0 Å². The van der Waals surface area contributed by atoms with Crippen molar-refractivity contribution in [3.8, 4) is 22.7 Å². The Balaban J connectivity index is 1.40. The van der Waals surface area contributed by atoms with Gasteiger partial charge in [0.15, 0.2) is 0 Å². The van der Waals surface area contributed by atoms with Crippen molar-refractivity contribution in [1.82, 2.24) is 9.47 Å². The van der Waals surface area contributed by atoms with Gasteiger partial charge in [-0.25, -0.2) is 0 Å². The smallest absolute Gasteiger partial charge is 0.223 e. The maximum atomic E-state index is 13.1. The lowest BCUT2D eigenvalue weighted by molar-refractivity contribution is -0.132. The van der Waals surface area contributed by atoms with Crippen LogP contribution in [0.5, 0.6) is 5.75 Å². The van der Waals surface area contributed by atoms with E-state index in [9.17, 15) is 4.79 Å². The summed E-state index contributed by atoms with van der Waals surface area (Å²) in [6, 6.07) is 28.5. The summed E-state index contributed by atoms with van der Waals surface area (Å²) in [6.45, 7) is 1.48. The number of halogens is 1. The number of ether oxygens (including phenoxy) is 1. The van der Waals surface area contributed by atoms with Crippen molar-refractivity contribution in [2.45, 2.75) is 25.8 Å². The van der Waals surface area contributed by atoms with E-state index in [2.05, 4.69) is 34.9 Å². The number of hydrogen-bond donors (Lipinski definition) is 0.